The Hall–Kier alpha value is -1.44. The molecule has 0 bridgehead atoms. The highest BCUT2D eigenvalue weighted by molar-refractivity contribution is 7.89. The predicted octanol–water partition coefficient (Wildman–Crippen LogP) is 1.72. The minimum Gasteiger partial charge on any atom is -0.349 e. The van der Waals surface area contributed by atoms with Crippen molar-refractivity contribution in [1.82, 2.24) is 14.7 Å². The lowest BCUT2D eigenvalue weighted by molar-refractivity contribution is 0.577. The molecule has 0 radical (unpaired) electrons. The minimum atomic E-state index is -3.83. The fourth-order valence-corrected chi connectivity index (χ4v) is 3.04. The molecule has 0 aliphatic rings. The molecule has 1 aromatic carbocycles. The van der Waals surface area contributed by atoms with Gasteiger partial charge in [-0.2, -0.15) is 0 Å². The van der Waals surface area contributed by atoms with Gasteiger partial charge in [0.1, 0.15) is 16.5 Å². The summed E-state index contributed by atoms with van der Waals surface area (Å²) in [6.45, 7) is 0.142. The lowest BCUT2D eigenvalue weighted by Crippen LogP contribution is -2.26. The van der Waals surface area contributed by atoms with E-state index in [1.807, 2.05) is 0 Å². The van der Waals surface area contributed by atoms with E-state index >= 15 is 0 Å². The highest BCUT2D eigenvalue weighted by Crippen LogP contribution is 2.21. The van der Waals surface area contributed by atoms with Crippen LogP contribution in [0.2, 0.25) is 5.02 Å². The molecule has 0 aliphatic heterocycles. The molecular formula is C11H11ClFN3O2S. The van der Waals surface area contributed by atoms with Crippen LogP contribution in [-0.2, 0) is 16.4 Å². The van der Waals surface area contributed by atoms with Crippen molar-refractivity contribution >= 4 is 21.6 Å². The number of hydrogen-bond donors (Lipinski definition) is 2. The first-order chi connectivity index (χ1) is 8.99. The van der Waals surface area contributed by atoms with E-state index in [9.17, 15) is 12.8 Å². The van der Waals surface area contributed by atoms with Gasteiger partial charge in [0, 0.05) is 25.4 Å². The summed E-state index contributed by atoms with van der Waals surface area (Å²) in [6, 6.07) is 3.19. The first kappa shape index (κ1) is 14.0. The third-order valence-corrected chi connectivity index (χ3v) is 4.33. The summed E-state index contributed by atoms with van der Waals surface area (Å²) < 4.78 is 39.3. The second-order valence-corrected chi connectivity index (χ2v) is 5.90. The Bertz CT molecular complexity index is 659. The second kappa shape index (κ2) is 5.68. The van der Waals surface area contributed by atoms with E-state index in [1.165, 1.54) is 6.07 Å². The summed E-state index contributed by atoms with van der Waals surface area (Å²) in [5.74, 6) is 0.00356. The Morgan fingerprint density at radius 2 is 2.21 bits per heavy atom. The van der Waals surface area contributed by atoms with Gasteiger partial charge in [0.05, 0.1) is 5.02 Å². The van der Waals surface area contributed by atoms with Gasteiger partial charge in [-0.1, -0.05) is 11.6 Å². The Morgan fingerprint density at radius 1 is 1.42 bits per heavy atom. The average molecular weight is 304 g/mol. The average Bonchev–Trinajstić information content (AvgIpc) is 2.85. The fraction of sp³-hybridized carbons (Fsp3) is 0.182. The molecule has 1 aromatic heterocycles. The maximum absolute atomic E-state index is 13.1. The van der Waals surface area contributed by atoms with E-state index in [-0.39, 0.29) is 16.5 Å². The first-order valence-corrected chi connectivity index (χ1v) is 7.28. The van der Waals surface area contributed by atoms with Crippen LogP contribution >= 0.6 is 11.6 Å². The summed E-state index contributed by atoms with van der Waals surface area (Å²) in [5.41, 5.74) is 0. The molecule has 0 saturated carbocycles. The van der Waals surface area contributed by atoms with Crippen LogP contribution in [0.3, 0.4) is 0 Å². The maximum atomic E-state index is 13.1. The van der Waals surface area contributed by atoms with Gasteiger partial charge in [-0.25, -0.2) is 22.5 Å². The van der Waals surface area contributed by atoms with Gasteiger partial charge in [0.15, 0.2) is 0 Å². The lowest BCUT2D eigenvalue weighted by Gasteiger charge is -2.07. The summed E-state index contributed by atoms with van der Waals surface area (Å²) in [6.07, 6.45) is 3.62. The number of H-pyrrole nitrogens is 1. The summed E-state index contributed by atoms with van der Waals surface area (Å²) in [4.78, 5) is 6.55. The quantitative estimate of drug-likeness (QED) is 0.883. The number of rotatable bonds is 5. The van der Waals surface area contributed by atoms with Gasteiger partial charge in [-0.3, -0.25) is 0 Å². The molecule has 2 rings (SSSR count). The van der Waals surface area contributed by atoms with Crippen LogP contribution in [0.15, 0.2) is 35.5 Å². The highest BCUT2D eigenvalue weighted by atomic mass is 35.5. The first-order valence-electron chi connectivity index (χ1n) is 5.42. The number of nitrogens with zero attached hydrogens (tertiary/aromatic N) is 1. The fourth-order valence-electron chi connectivity index (χ4n) is 1.50. The normalized spacial score (nSPS) is 11.7. The van der Waals surface area contributed by atoms with E-state index in [2.05, 4.69) is 14.7 Å². The summed E-state index contributed by atoms with van der Waals surface area (Å²) in [5, 5.41) is -0.0214. The standard InChI is InChI=1S/C11H11ClFN3O2S/c12-9-2-1-8(13)7-10(9)19(17,18)16-4-3-11-14-5-6-15-11/h1-2,5-7,16H,3-4H2,(H,14,15). The molecule has 1 heterocycles. The minimum absolute atomic E-state index is 0.0214. The van der Waals surface area contributed by atoms with Crippen molar-refractivity contribution in [2.24, 2.45) is 0 Å². The molecule has 19 heavy (non-hydrogen) atoms. The zero-order valence-electron chi connectivity index (χ0n) is 9.73. The predicted molar refractivity (Wildman–Crippen MR) is 68.9 cm³/mol. The number of nitrogens with one attached hydrogen (secondary N) is 2. The second-order valence-electron chi connectivity index (χ2n) is 3.76. The third-order valence-electron chi connectivity index (χ3n) is 2.39. The topological polar surface area (TPSA) is 74.8 Å². The van der Waals surface area contributed by atoms with Gasteiger partial charge in [0.2, 0.25) is 10.0 Å². The molecule has 2 aromatic rings. The molecule has 5 nitrogen and oxygen atoms in total. The maximum Gasteiger partial charge on any atom is 0.242 e. The van der Waals surface area contributed by atoms with Crippen molar-refractivity contribution in [3.63, 3.8) is 0 Å². The van der Waals surface area contributed by atoms with E-state index in [0.717, 1.165) is 12.1 Å². The van der Waals surface area contributed by atoms with Gasteiger partial charge in [0.25, 0.3) is 0 Å². The number of hydrogen-bond acceptors (Lipinski definition) is 3. The van der Waals surface area contributed by atoms with Crippen LogP contribution in [0.1, 0.15) is 5.82 Å². The molecule has 8 heteroatoms. The van der Waals surface area contributed by atoms with Gasteiger partial charge in [-0.15, -0.1) is 0 Å². The molecule has 0 aliphatic carbocycles. The van der Waals surface area contributed by atoms with Crippen molar-refractivity contribution in [1.29, 1.82) is 0 Å². The van der Waals surface area contributed by atoms with Gasteiger partial charge >= 0.3 is 0 Å². The zero-order chi connectivity index (χ0) is 13.9. The highest BCUT2D eigenvalue weighted by Gasteiger charge is 2.18. The zero-order valence-corrected chi connectivity index (χ0v) is 11.3. The molecule has 0 fully saturated rings. The van der Waals surface area contributed by atoms with Crippen LogP contribution in [0.5, 0.6) is 0 Å². The summed E-state index contributed by atoms with van der Waals surface area (Å²) >= 11 is 5.75. The molecule has 102 valence electrons. The molecule has 2 N–H and O–H groups in total. The van der Waals surface area contributed by atoms with Crippen molar-refractivity contribution in [3.8, 4) is 0 Å². The van der Waals surface area contributed by atoms with Crippen LogP contribution < -0.4 is 4.72 Å². The number of aromatic amines is 1. The van der Waals surface area contributed by atoms with E-state index in [1.54, 1.807) is 12.4 Å². The molecule has 0 spiro atoms. The SMILES string of the molecule is O=S(=O)(NCCc1ncc[nH]1)c1cc(F)ccc1Cl. The van der Waals surface area contributed by atoms with Crippen molar-refractivity contribution < 1.29 is 12.8 Å². The van der Waals surface area contributed by atoms with Gasteiger partial charge < -0.3 is 4.98 Å². The molecule has 0 atom stereocenters. The van der Waals surface area contributed by atoms with Crippen molar-refractivity contribution in [3.05, 3.63) is 47.3 Å². The van der Waals surface area contributed by atoms with Gasteiger partial charge in [-0.05, 0) is 18.2 Å². The van der Waals surface area contributed by atoms with E-state index in [4.69, 9.17) is 11.6 Å². The number of halogens is 2. The van der Waals surface area contributed by atoms with Crippen LogP contribution in [0.4, 0.5) is 4.39 Å². The Balaban J connectivity index is 2.07. The molecule has 0 unspecified atom stereocenters. The largest absolute Gasteiger partial charge is 0.349 e. The Kier molecular flexibility index (Phi) is 4.18. The molecule has 0 saturated heterocycles. The van der Waals surface area contributed by atoms with Crippen LogP contribution in [0, 0.1) is 5.82 Å². The number of aromatic nitrogens is 2. The molecule has 0 amide bonds. The number of imidazole rings is 1. The Labute approximate surface area is 114 Å². The van der Waals surface area contributed by atoms with Crippen LogP contribution in [-0.4, -0.2) is 24.9 Å². The monoisotopic (exact) mass is 303 g/mol. The van der Waals surface area contributed by atoms with Crippen molar-refractivity contribution in [2.75, 3.05) is 6.54 Å². The Morgan fingerprint density at radius 3 is 2.89 bits per heavy atom. The number of benzene rings is 1. The van der Waals surface area contributed by atoms with E-state index < -0.39 is 15.8 Å². The smallest absolute Gasteiger partial charge is 0.242 e. The lowest BCUT2D eigenvalue weighted by atomic mass is 10.3. The third kappa shape index (κ3) is 3.52. The molecular weight excluding hydrogens is 293 g/mol. The van der Waals surface area contributed by atoms with E-state index in [0.29, 0.717) is 12.2 Å². The van der Waals surface area contributed by atoms with Crippen molar-refractivity contribution in [2.45, 2.75) is 11.3 Å². The van der Waals surface area contributed by atoms with Crippen LogP contribution in [0.25, 0.3) is 0 Å². The summed E-state index contributed by atoms with van der Waals surface area (Å²) in [7, 11) is -3.83. The number of sulfonamides is 1.